The minimum absolute atomic E-state index is 0.0499. The predicted octanol–water partition coefficient (Wildman–Crippen LogP) is 3.37. The lowest BCUT2D eigenvalue weighted by molar-refractivity contribution is -0.385. The minimum atomic E-state index is -0.375. The first kappa shape index (κ1) is 13.2. The molecule has 1 heterocycles. The Balaban J connectivity index is 1.77. The molecule has 1 saturated carbocycles. The topological polar surface area (TPSA) is 55.6 Å². The predicted molar refractivity (Wildman–Crippen MR) is 77.4 cm³/mol. The van der Waals surface area contributed by atoms with Gasteiger partial charge in [0, 0.05) is 24.8 Å². The van der Waals surface area contributed by atoms with Crippen molar-refractivity contribution < 1.29 is 9.66 Å². The third kappa shape index (κ3) is 2.21. The molecule has 1 saturated heterocycles. The number of nitrogens with zero attached hydrogens (tertiary/aromatic N) is 2. The Labute approximate surface area is 118 Å². The van der Waals surface area contributed by atoms with Crippen molar-refractivity contribution in [2.24, 2.45) is 5.41 Å². The van der Waals surface area contributed by atoms with Crippen molar-refractivity contribution in [2.45, 2.75) is 32.1 Å². The quantitative estimate of drug-likeness (QED) is 0.627. The van der Waals surface area contributed by atoms with Crippen LogP contribution in [0.2, 0.25) is 0 Å². The summed E-state index contributed by atoms with van der Waals surface area (Å²) in [4.78, 5) is 13.0. The fourth-order valence-corrected chi connectivity index (χ4v) is 3.43. The van der Waals surface area contributed by atoms with E-state index in [1.54, 1.807) is 12.1 Å². The van der Waals surface area contributed by atoms with Gasteiger partial charge in [-0.1, -0.05) is 6.42 Å². The zero-order valence-corrected chi connectivity index (χ0v) is 11.8. The van der Waals surface area contributed by atoms with Gasteiger partial charge in [-0.2, -0.15) is 0 Å². The second-order valence-electron chi connectivity index (χ2n) is 5.95. The highest BCUT2D eigenvalue weighted by molar-refractivity contribution is 5.60. The van der Waals surface area contributed by atoms with Crippen LogP contribution >= 0.6 is 0 Å². The largest absolute Gasteiger partial charge is 0.490 e. The van der Waals surface area contributed by atoms with Gasteiger partial charge in [0.15, 0.2) is 5.75 Å². The number of piperidine rings is 1. The van der Waals surface area contributed by atoms with Gasteiger partial charge in [-0.25, -0.2) is 0 Å². The van der Waals surface area contributed by atoms with Crippen molar-refractivity contribution in [3.63, 3.8) is 0 Å². The Morgan fingerprint density at radius 3 is 2.45 bits per heavy atom. The van der Waals surface area contributed by atoms with Crippen LogP contribution in [-0.2, 0) is 0 Å². The maximum Gasteiger partial charge on any atom is 0.312 e. The van der Waals surface area contributed by atoms with Crippen molar-refractivity contribution >= 4 is 11.4 Å². The van der Waals surface area contributed by atoms with Crippen LogP contribution in [0.5, 0.6) is 5.75 Å². The smallest absolute Gasteiger partial charge is 0.312 e. The number of nitro benzene ring substituents is 1. The molecule has 0 atom stereocenters. The summed E-state index contributed by atoms with van der Waals surface area (Å²) in [6.07, 6.45) is 6.53. The van der Waals surface area contributed by atoms with Crippen LogP contribution in [0.15, 0.2) is 18.2 Å². The number of anilines is 1. The third-order valence-electron chi connectivity index (χ3n) is 4.96. The lowest BCUT2D eigenvalue weighted by atomic mass is 9.63. The van der Waals surface area contributed by atoms with E-state index >= 15 is 0 Å². The summed E-state index contributed by atoms with van der Waals surface area (Å²) in [7, 11) is 1.46. The van der Waals surface area contributed by atoms with Crippen molar-refractivity contribution in [3.05, 3.63) is 28.3 Å². The van der Waals surface area contributed by atoms with Crippen molar-refractivity contribution in [1.29, 1.82) is 0 Å². The molecule has 2 aliphatic rings. The number of ether oxygens (including phenoxy) is 1. The molecule has 5 heteroatoms. The molecule has 0 radical (unpaired) electrons. The minimum Gasteiger partial charge on any atom is -0.490 e. The van der Waals surface area contributed by atoms with Crippen LogP contribution in [0.1, 0.15) is 32.1 Å². The van der Waals surface area contributed by atoms with Gasteiger partial charge in [0.2, 0.25) is 0 Å². The van der Waals surface area contributed by atoms with Crippen LogP contribution in [0.3, 0.4) is 0 Å². The zero-order valence-electron chi connectivity index (χ0n) is 11.8. The first-order chi connectivity index (χ1) is 9.63. The van der Waals surface area contributed by atoms with Gasteiger partial charge >= 0.3 is 5.69 Å². The summed E-state index contributed by atoms with van der Waals surface area (Å²) in [6, 6.07) is 5.25. The third-order valence-corrected chi connectivity index (χ3v) is 4.96. The van der Waals surface area contributed by atoms with Crippen LogP contribution < -0.4 is 9.64 Å². The maximum absolute atomic E-state index is 11.1. The molecule has 1 aliphatic carbocycles. The molecule has 2 fully saturated rings. The molecule has 3 rings (SSSR count). The Hall–Kier alpha value is -1.78. The number of rotatable bonds is 3. The van der Waals surface area contributed by atoms with E-state index in [0.29, 0.717) is 11.2 Å². The molecule has 0 aromatic heterocycles. The standard InChI is InChI=1S/C15H20N2O3/c1-20-14-4-3-12(11-13(14)17(18)19)16-9-7-15(8-10-16)5-2-6-15/h3-4,11H,2,5-10H2,1H3. The molecule has 108 valence electrons. The molecular formula is C15H20N2O3. The number of nitro groups is 1. The molecular weight excluding hydrogens is 256 g/mol. The Kier molecular flexibility index (Phi) is 3.28. The van der Waals surface area contributed by atoms with E-state index in [-0.39, 0.29) is 10.6 Å². The summed E-state index contributed by atoms with van der Waals surface area (Å²) in [5.41, 5.74) is 1.58. The molecule has 0 amide bonds. The highest BCUT2D eigenvalue weighted by atomic mass is 16.6. The average molecular weight is 276 g/mol. The number of hydrogen-bond acceptors (Lipinski definition) is 4. The molecule has 0 bridgehead atoms. The monoisotopic (exact) mass is 276 g/mol. The van der Waals surface area contributed by atoms with E-state index < -0.39 is 0 Å². The molecule has 1 spiro atoms. The fourth-order valence-electron chi connectivity index (χ4n) is 3.43. The van der Waals surface area contributed by atoms with E-state index in [1.165, 1.54) is 39.2 Å². The Morgan fingerprint density at radius 2 is 1.95 bits per heavy atom. The van der Waals surface area contributed by atoms with Gasteiger partial charge in [-0.05, 0) is 43.2 Å². The van der Waals surface area contributed by atoms with Gasteiger partial charge in [-0.3, -0.25) is 10.1 Å². The highest BCUT2D eigenvalue weighted by Crippen LogP contribution is 2.49. The van der Waals surface area contributed by atoms with Crippen LogP contribution in [-0.4, -0.2) is 25.1 Å². The van der Waals surface area contributed by atoms with Crippen LogP contribution in [0.4, 0.5) is 11.4 Å². The van der Waals surface area contributed by atoms with E-state index in [9.17, 15) is 10.1 Å². The lowest BCUT2D eigenvalue weighted by Gasteiger charge is -2.48. The molecule has 5 nitrogen and oxygen atoms in total. The van der Waals surface area contributed by atoms with Gasteiger partial charge in [-0.15, -0.1) is 0 Å². The van der Waals surface area contributed by atoms with E-state index in [1.807, 2.05) is 6.07 Å². The van der Waals surface area contributed by atoms with Crippen molar-refractivity contribution in [3.8, 4) is 5.75 Å². The number of hydrogen-bond donors (Lipinski definition) is 0. The molecule has 20 heavy (non-hydrogen) atoms. The van der Waals surface area contributed by atoms with Crippen LogP contribution in [0.25, 0.3) is 0 Å². The zero-order chi connectivity index (χ0) is 14.2. The second kappa shape index (κ2) is 4.96. The first-order valence-corrected chi connectivity index (χ1v) is 7.21. The highest BCUT2D eigenvalue weighted by Gasteiger charge is 2.39. The molecule has 1 aliphatic heterocycles. The van der Waals surface area contributed by atoms with Crippen molar-refractivity contribution in [1.82, 2.24) is 0 Å². The molecule has 0 N–H and O–H groups in total. The van der Waals surface area contributed by atoms with E-state index in [4.69, 9.17) is 4.74 Å². The normalized spacial score (nSPS) is 20.6. The molecule has 1 aromatic rings. The van der Waals surface area contributed by atoms with Gasteiger partial charge in [0.05, 0.1) is 12.0 Å². The summed E-state index contributed by atoms with van der Waals surface area (Å²) in [5, 5.41) is 11.1. The number of methoxy groups -OCH3 is 1. The van der Waals surface area contributed by atoms with Gasteiger partial charge in [0.1, 0.15) is 0 Å². The summed E-state index contributed by atoms with van der Waals surface area (Å²) >= 11 is 0. The van der Waals surface area contributed by atoms with Crippen LogP contribution in [0, 0.1) is 15.5 Å². The molecule has 0 unspecified atom stereocenters. The maximum atomic E-state index is 11.1. The van der Waals surface area contributed by atoms with Crippen molar-refractivity contribution in [2.75, 3.05) is 25.1 Å². The fraction of sp³-hybridized carbons (Fsp3) is 0.600. The first-order valence-electron chi connectivity index (χ1n) is 7.21. The van der Waals surface area contributed by atoms with Gasteiger partial charge < -0.3 is 9.64 Å². The molecule has 1 aromatic carbocycles. The summed E-state index contributed by atoms with van der Waals surface area (Å²) < 4.78 is 5.05. The average Bonchev–Trinajstić information content (AvgIpc) is 2.45. The Bertz CT molecular complexity index is 516. The van der Waals surface area contributed by atoms with Gasteiger partial charge in [0.25, 0.3) is 0 Å². The second-order valence-corrected chi connectivity index (χ2v) is 5.95. The lowest BCUT2D eigenvalue weighted by Crippen LogP contribution is -2.43. The van der Waals surface area contributed by atoms with E-state index in [0.717, 1.165) is 18.8 Å². The number of benzene rings is 1. The Morgan fingerprint density at radius 1 is 1.25 bits per heavy atom. The summed E-state index contributed by atoms with van der Waals surface area (Å²) in [6.45, 7) is 2.01. The summed E-state index contributed by atoms with van der Waals surface area (Å²) in [5.74, 6) is 0.325. The SMILES string of the molecule is COc1ccc(N2CCC3(CCC3)CC2)cc1[N+](=O)[O-]. The van der Waals surface area contributed by atoms with E-state index in [2.05, 4.69) is 4.90 Å².